The van der Waals surface area contributed by atoms with E-state index in [1.165, 1.54) is 36.1 Å². The standard InChI is InChI=1S/C21H28N2OS/c24-21(13-12-18-9-4-3-5-10-18)22-17-19(20-11-8-16-25-20)23-14-6-1-2-7-15-23/h3-5,8-11,16,19H,1-2,6-7,12-15,17H2,(H,22,24). The van der Waals surface area contributed by atoms with Gasteiger partial charge >= 0.3 is 0 Å². The number of benzene rings is 1. The van der Waals surface area contributed by atoms with Gasteiger partial charge in [-0.3, -0.25) is 9.69 Å². The van der Waals surface area contributed by atoms with Gasteiger partial charge in [0.15, 0.2) is 0 Å². The second-order valence-corrected chi connectivity index (χ2v) is 7.75. The van der Waals surface area contributed by atoms with Gasteiger partial charge in [-0.05, 0) is 49.4 Å². The van der Waals surface area contributed by atoms with Gasteiger partial charge in [-0.15, -0.1) is 11.3 Å². The van der Waals surface area contributed by atoms with Gasteiger partial charge in [0.25, 0.3) is 0 Å². The fourth-order valence-corrected chi connectivity index (χ4v) is 4.36. The third-order valence-electron chi connectivity index (χ3n) is 4.93. The summed E-state index contributed by atoms with van der Waals surface area (Å²) in [6.07, 6.45) is 6.56. The Bertz CT molecular complexity index is 619. The Morgan fingerprint density at radius 1 is 1.04 bits per heavy atom. The molecule has 1 aromatic heterocycles. The van der Waals surface area contributed by atoms with Crippen molar-refractivity contribution >= 4 is 17.2 Å². The van der Waals surface area contributed by atoms with Crippen molar-refractivity contribution in [2.45, 2.75) is 44.6 Å². The van der Waals surface area contributed by atoms with Crippen LogP contribution in [0.25, 0.3) is 0 Å². The number of amides is 1. The highest BCUT2D eigenvalue weighted by Crippen LogP contribution is 2.27. The molecular weight excluding hydrogens is 328 g/mol. The minimum absolute atomic E-state index is 0.153. The van der Waals surface area contributed by atoms with Crippen LogP contribution in [-0.4, -0.2) is 30.4 Å². The summed E-state index contributed by atoms with van der Waals surface area (Å²) < 4.78 is 0. The molecule has 0 aliphatic carbocycles. The molecule has 4 heteroatoms. The third kappa shape index (κ3) is 5.68. The van der Waals surface area contributed by atoms with Gasteiger partial charge in [0.2, 0.25) is 5.91 Å². The van der Waals surface area contributed by atoms with Crippen molar-refractivity contribution in [3.05, 3.63) is 58.3 Å². The summed E-state index contributed by atoms with van der Waals surface area (Å²) in [4.78, 5) is 16.2. The maximum atomic E-state index is 12.3. The molecule has 1 fully saturated rings. The molecule has 1 unspecified atom stereocenters. The predicted molar refractivity (Wildman–Crippen MR) is 105 cm³/mol. The summed E-state index contributed by atoms with van der Waals surface area (Å²) in [5.41, 5.74) is 1.22. The lowest BCUT2D eigenvalue weighted by Gasteiger charge is -2.30. The topological polar surface area (TPSA) is 32.3 Å². The molecule has 1 N–H and O–H groups in total. The molecule has 3 rings (SSSR count). The fourth-order valence-electron chi connectivity index (χ4n) is 3.50. The zero-order valence-corrected chi connectivity index (χ0v) is 15.6. The molecule has 1 saturated heterocycles. The first kappa shape index (κ1) is 18.2. The zero-order valence-electron chi connectivity index (χ0n) is 14.8. The fraction of sp³-hybridized carbons (Fsp3) is 0.476. The van der Waals surface area contributed by atoms with E-state index in [0.717, 1.165) is 19.5 Å². The maximum Gasteiger partial charge on any atom is 0.220 e. The Morgan fingerprint density at radius 3 is 2.48 bits per heavy atom. The van der Waals surface area contributed by atoms with Crippen molar-refractivity contribution < 1.29 is 4.79 Å². The van der Waals surface area contributed by atoms with Gasteiger partial charge < -0.3 is 5.32 Å². The first-order valence-electron chi connectivity index (χ1n) is 9.41. The molecule has 0 bridgehead atoms. The van der Waals surface area contributed by atoms with Crippen molar-refractivity contribution in [1.29, 1.82) is 0 Å². The van der Waals surface area contributed by atoms with Crippen LogP contribution in [0.5, 0.6) is 0 Å². The number of hydrogen-bond acceptors (Lipinski definition) is 3. The molecule has 0 saturated carbocycles. The lowest BCUT2D eigenvalue weighted by molar-refractivity contribution is -0.121. The zero-order chi connectivity index (χ0) is 17.3. The van der Waals surface area contributed by atoms with E-state index in [2.05, 4.69) is 39.9 Å². The number of rotatable bonds is 7. The minimum Gasteiger partial charge on any atom is -0.354 e. The molecule has 0 spiro atoms. The summed E-state index contributed by atoms with van der Waals surface area (Å²) in [6.45, 7) is 3.00. The van der Waals surface area contributed by atoms with Crippen LogP contribution in [0, 0.1) is 0 Å². The molecule has 1 aromatic carbocycles. The Morgan fingerprint density at radius 2 is 1.80 bits per heavy atom. The van der Waals surface area contributed by atoms with Crippen LogP contribution in [-0.2, 0) is 11.2 Å². The Hall–Kier alpha value is -1.65. The summed E-state index contributed by atoms with van der Waals surface area (Å²) in [6, 6.07) is 14.9. The average Bonchev–Trinajstić information content (AvgIpc) is 3.04. The SMILES string of the molecule is O=C(CCc1ccccc1)NCC(c1cccs1)N1CCCCCC1. The average molecular weight is 357 g/mol. The van der Waals surface area contributed by atoms with Crippen LogP contribution in [0.1, 0.15) is 48.6 Å². The van der Waals surface area contributed by atoms with Gasteiger partial charge in [-0.25, -0.2) is 0 Å². The van der Waals surface area contributed by atoms with Crippen molar-refractivity contribution in [3.8, 4) is 0 Å². The maximum absolute atomic E-state index is 12.3. The predicted octanol–water partition coefficient (Wildman–Crippen LogP) is 4.41. The van der Waals surface area contributed by atoms with Crippen molar-refractivity contribution in [1.82, 2.24) is 10.2 Å². The normalized spacial score (nSPS) is 17.0. The minimum atomic E-state index is 0.153. The summed E-state index contributed by atoms with van der Waals surface area (Å²) in [5, 5.41) is 5.32. The van der Waals surface area contributed by atoms with Crippen molar-refractivity contribution in [2.24, 2.45) is 0 Å². The van der Waals surface area contributed by atoms with Gasteiger partial charge in [-0.1, -0.05) is 49.2 Å². The first-order valence-corrected chi connectivity index (χ1v) is 10.3. The quantitative estimate of drug-likeness (QED) is 0.797. The summed E-state index contributed by atoms with van der Waals surface area (Å²) >= 11 is 1.80. The lowest BCUT2D eigenvalue weighted by Crippen LogP contribution is -2.38. The molecule has 0 radical (unpaired) electrons. The van der Waals surface area contributed by atoms with Crippen LogP contribution in [0.2, 0.25) is 0 Å². The van der Waals surface area contributed by atoms with E-state index in [1.807, 2.05) is 18.2 Å². The van der Waals surface area contributed by atoms with E-state index in [1.54, 1.807) is 11.3 Å². The smallest absolute Gasteiger partial charge is 0.220 e. The third-order valence-corrected chi connectivity index (χ3v) is 5.90. The molecule has 134 valence electrons. The number of nitrogens with zero attached hydrogens (tertiary/aromatic N) is 1. The number of likely N-dealkylation sites (tertiary alicyclic amines) is 1. The number of carbonyl (C=O) groups is 1. The second-order valence-electron chi connectivity index (χ2n) is 6.77. The number of hydrogen-bond donors (Lipinski definition) is 1. The molecule has 1 amide bonds. The molecule has 2 aromatic rings. The molecule has 1 aliphatic heterocycles. The van der Waals surface area contributed by atoms with E-state index in [4.69, 9.17) is 0 Å². The molecule has 1 atom stereocenters. The number of nitrogens with one attached hydrogen (secondary N) is 1. The number of thiophene rings is 1. The Balaban J connectivity index is 1.54. The van der Waals surface area contributed by atoms with Crippen LogP contribution in [0.4, 0.5) is 0 Å². The monoisotopic (exact) mass is 356 g/mol. The highest BCUT2D eigenvalue weighted by molar-refractivity contribution is 7.10. The van der Waals surface area contributed by atoms with Crippen LogP contribution in [0.3, 0.4) is 0 Å². The summed E-state index contributed by atoms with van der Waals surface area (Å²) in [7, 11) is 0. The van der Waals surface area contributed by atoms with Crippen molar-refractivity contribution in [2.75, 3.05) is 19.6 Å². The lowest BCUT2D eigenvalue weighted by atomic mass is 10.1. The van der Waals surface area contributed by atoms with Gasteiger partial charge in [0.1, 0.15) is 0 Å². The largest absolute Gasteiger partial charge is 0.354 e. The number of carbonyl (C=O) groups excluding carboxylic acids is 1. The highest BCUT2D eigenvalue weighted by Gasteiger charge is 2.22. The Kier molecular flexibility index (Phi) is 7.07. The van der Waals surface area contributed by atoms with E-state index in [9.17, 15) is 4.79 Å². The molecule has 25 heavy (non-hydrogen) atoms. The van der Waals surface area contributed by atoms with Crippen LogP contribution in [0.15, 0.2) is 47.8 Å². The van der Waals surface area contributed by atoms with E-state index in [-0.39, 0.29) is 5.91 Å². The van der Waals surface area contributed by atoms with E-state index < -0.39 is 0 Å². The Labute approximate surface area is 155 Å². The van der Waals surface area contributed by atoms with E-state index >= 15 is 0 Å². The molecule has 1 aliphatic rings. The van der Waals surface area contributed by atoms with Crippen LogP contribution < -0.4 is 5.32 Å². The molecule has 3 nitrogen and oxygen atoms in total. The second kappa shape index (κ2) is 9.73. The van der Waals surface area contributed by atoms with E-state index in [0.29, 0.717) is 19.0 Å². The van der Waals surface area contributed by atoms with Gasteiger partial charge in [0.05, 0.1) is 6.04 Å². The number of aryl methyl sites for hydroxylation is 1. The van der Waals surface area contributed by atoms with Crippen molar-refractivity contribution in [3.63, 3.8) is 0 Å². The van der Waals surface area contributed by atoms with Crippen LogP contribution >= 0.6 is 11.3 Å². The summed E-state index contributed by atoms with van der Waals surface area (Å²) in [5.74, 6) is 0.153. The highest BCUT2D eigenvalue weighted by atomic mass is 32.1. The van der Waals surface area contributed by atoms with Gasteiger partial charge in [-0.2, -0.15) is 0 Å². The first-order chi connectivity index (χ1) is 12.3. The molecular formula is C21H28N2OS. The van der Waals surface area contributed by atoms with Gasteiger partial charge in [0, 0.05) is 17.8 Å². The molecule has 2 heterocycles.